The Bertz CT molecular complexity index is 657. The lowest BCUT2D eigenvalue weighted by Gasteiger charge is -2.31. The molecule has 1 aromatic heterocycles. The highest BCUT2D eigenvalue weighted by atomic mass is 16.3. The van der Waals surface area contributed by atoms with E-state index in [1.54, 1.807) is 0 Å². The standard InChI is InChI=1S/C16H21N3O2/c1-2-14-19-12-10-11(6-7-13(12)21-14)18-15(20)16(17)8-4-3-5-9-16/h6-7,10H,2-5,8-9,17H2,1H3,(H,18,20). The summed E-state index contributed by atoms with van der Waals surface area (Å²) in [6, 6.07) is 5.50. The predicted molar refractivity (Wildman–Crippen MR) is 82.0 cm³/mol. The molecule has 5 heteroatoms. The van der Waals surface area contributed by atoms with Gasteiger partial charge in [0, 0.05) is 12.1 Å². The molecule has 0 radical (unpaired) electrons. The summed E-state index contributed by atoms with van der Waals surface area (Å²) < 4.78 is 5.56. The van der Waals surface area contributed by atoms with Gasteiger partial charge >= 0.3 is 0 Å². The molecule has 1 fully saturated rings. The van der Waals surface area contributed by atoms with E-state index in [1.165, 1.54) is 0 Å². The Labute approximate surface area is 123 Å². The molecule has 0 spiro atoms. The number of anilines is 1. The number of nitrogens with zero attached hydrogens (tertiary/aromatic N) is 1. The molecule has 1 aliphatic carbocycles. The molecule has 0 aliphatic heterocycles. The zero-order valence-corrected chi connectivity index (χ0v) is 12.3. The fourth-order valence-electron chi connectivity index (χ4n) is 2.87. The highest BCUT2D eigenvalue weighted by molar-refractivity contribution is 5.99. The van der Waals surface area contributed by atoms with Gasteiger partial charge in [0.05, 0.1) is 5.54 Å². The van der Waals surface area contributed by atoms with Gasteiger partial charge < -0.3 is 15.5 Å². The molecule has 3 N–H and O–H groups in total. The number of amides is 1. The van der Waals surface area contributed by atoms with Crippen molar-refractivity contribution in [3.05, 3.63) is 24.1 Å². The molecule has 0 unspecified atom stereocenters. The second-order valence-electron chi connectivity index (χ2n) is 5.81. The number of hydrogen-bond donors (Lipinski definition) is 2. The summed E-state index contributed by atoms with van der Waals surface area (Å²) in [5, 5.41) is 2.93. The van der Waals surface area contributed by atoms with E-state index in [1.807, 2.05) is 25.1 Å². The van der Waals surface area contributed by atoms with E-state index in [-0.39, 0.29) is 5.91 Å². The minimum Gasteiger partial charge on any atom is -0.441 e. The molecule has 0 atom stereocenters. The van der Waals surface area contributed by atoms with Gasteiger partial charge in [-0.05, 0) is 31.0 Å². The molecule has 1 aromatic carbocycles. The lowest BCUT2D eigenvalue weighted by atomic mass is 9.82. The molecule has 0 bridgehead atoms. The van der Waals surface area contributed by atoms with Crippen LogP contribution in [0, 0.1) is 0 Å². The van der Waals surface area contributed by atoms with Gasteiger partial charge in [0.25, 0.3) is 0 Å². The summed E-state index contributed by atoms with van der Waals surface area (Å²) in [6.07, 6.45) is 5.47. The van der Waals surface area contributed by atoms with E-state index in [9.17, 15) is 4.79 Å². The topological polar surface area (TPSA) is 81.2 Å². The summed E-state index contributed by atoms with van der Waals surface area (Å²) in [6.45, 7) is 1.99. The lowest BCUT2D eigenvalue weighted by Crippen LogP contribution is -2.52. The van der Waals surface area contributed by atoms with Gasteiger partial charge in [0.15, 0.2) is 11.5 Å². The average Bonchev–Trinajstić information content (AvgIpc) is 2.90. The Morgan fingerprint density at radius 1 is 1.38 bits per heavy atom. The largest absolute Gasteiger partial charge is 0.441 e. The van der Waals surface area contributed by atoms with Crippen LogP contribution in [0.3, 0.4) is 0 Å². The number of carbonyl (C=O) groups is 1. The molecule has 2 aromatic rings. The average molecular weight is 287 g/mol. The van der Waals surface area contributed by atoms with Crippen LogP contribution in [0.4, 0.5) is 5.69 Å². The monoisotopic (exact) mass is 287 g/mol. The summed E-state index contributed by atoms with van der Waals surface area (Å²) in [5.74, 6) is 0.608. The van der Waals surface area contributed by atoms with Gasteiger partial charge in [0.1, 0.15) is 5.52 Å². The fourth-order valence-corrected chi connectivity index (χ4v) is 2.87. The Kier molecular flexibility index (Phi) is 3.68. The first-order valence-electron chi connectivity index (χ1n) is 7.60. The minimum absolute atomic E-state index is 0.0965. The van der Waals surface area contributed by atoms with Crippen molar-refractivity contribution in [3.8, 4) is 0 Å². The highest BCUT2D eigenvalue weighted by Crippen LogP contribution is 2.28. The van der Waals surface area contributed by atoms with Gasteiger partial charge in [-0.25, -0.2) is 4.98 Å². The van der Waals surface area contributed by atoms with Crippen LogP contribution in [0.2, 0.25) is 0 Å². The van der Waals surface area contributed by atoms with Crippen LogP contribution in [-0.4, -0.2) is 16.4 Å². The van der Waals surface area contributed by atoms with Crippen molar-refractivity contribution in [2.45, 2.75) is 51.0 Å². The molecule has 1 aliphatic rings. The summed E-state index contributed by atoms with van der Waals surface area (Å²) in [4.78, 5) is 16.8. The minimum atomic E-state index is -0.731. The molecule has 1 heterocycles. The van der Waals surface area contributed by atoms with Crippen molar-refractivity contribution in [1.82, 2.24) is 4.98 Å². The van der Waals surface area contributed by atoms with E-state index >= 15 is 0 Å². The molecule has 1 amide bonds. The number of fused-ring (bicyclic) bond motifs is 1. The van der Waals surface area contributed by atoms with Crippen molar-refractivity contribution in [1.29, 1.82) is 0 Å². The van der Waals surface area contributed by atoms with Crippen LogP contribution >= 0.6 is 0 Å². The van der Waals surface area contributed by atoms with Crippen molar-refractivity contribution in [2.75, 3.05) is 5.32 Å². The fraction of sp³-hybridized carbons (Fsp3) is 0.500. The van der Waals surface area contributed by atoms with Gasteiger partial charge in [-0.15, -0.1) is 0 Å². The van der Waals surface area contributed by atoms with Crippen LogP contribution in [0.5, 0.6) is 0 Å². The third-order valence-corrected chi connectivity index (χ3v) is 4.19. The van der Waals surface area contributed by atoms with Crippen LogP contribution in [-0.2, 0) is 11.2 Å². The van der Waals surface area contributed by atoms with Crippen LogP contribution < -0.4 is 11.1 Å². The first kappa shape index (κ1) is 14.1. The molecule has 21 heavy (non-hydrogen) atoms. The van der Waals surface area contributed by atoms with Gasteiger partial charge in [-0.1, -0.05) is 26.2 Å². The summed E-state index contributed by atoms with van der Waals surface area (Å²) in [7, 11) is 0. The number of nitrogens with two attached hydrogens (primary N) is 1. The van der Waals surface area contributed by atoms with E-state index in [4.69, 9.17) is 10.2 Å². The van der Waals surface area contributed by atoms with E-state index in [2.05, 4.69) is 10.3 Å². The summed E-state index contributed by atoms with van der Waals surface area (Å²) in [5.41, 5.74) is 7.74. The number of hydrogen-bond acceptors (Lipinski definition) is 4. The molecule has 112 valence electrons. The maximum Gasteiger partial charge on any atom is 0.244 e. The SMILES string of the molecule is CCc1nc2cc(NC(=O)C3(N)CCCCC3)ccc2o1. The van der Waals surface area contributed by atoms with Gasteiger partial charge in [0.2, 0.25) is 5.91 Å². The number of nitrogens with one attached hydrogen (secondary N) is 1. The van der Waals surface area contributed by atoms with Crippen LogP contribution in [0.25, 0.3) is 11.1 Å². The molecule has 5 nitrogen and oxygen atoms in total. The lowest BCUT2D eigenvalue weighted by molar-refractivity contribution is -0.122. The quantitative estimate of drug-likeness (QED) is 0.909. The zero-order chi connectivity index (χ0) is 14.9. The van der Waals surface area contributed by atoms with Crippen molar-refractivity contribution < 1.29 is 9.21 Å². The van der Waals surface area contributed by atoms with Crippen LogP contribution in [0.15, 0.2) is 22.6 Å². The Balaban J connectivity index is 1.79. The van der Waals surface area contributed by atoms with E-state index in [0.29, 0.717) is 5.89 Å². The number of aryl methyl sites for hydroxylation is 1. The Hall–Kier alpha value is -1.88. The maximum atomic E-state index is 12.4. The Morgan fingerprint density at radius 2 is 2.14 bits per heavy atom. The zero-order valence-electron chi connectivity index (χ0n) is 12.3. The smallest absolute Gasteiger partial charge is 0.244 e. The molecule has 0 saturated heterocycles. The van der Waals surface area contributed by atoms with E-state index in [0.717, 1.165) is 55.3 Å². The normalized spacial score (nSPS) is 17.8. The molecule has 3 rings (SSSR count). The van der Waals surface area contributed by atoms with Gasteiger partial charge in [-0.3, -0.25) is 4.79 Å². The number of rotatable bonds is 3. The van der Waals surface area contributed by atoms with Crippen molar-refractivity contribution in [3.63, 3.8) is 0 Å². The third kappa shape index (κ3) is 2.78. The van der Waals surface area contributed by atoms with Gasteiger partial charge in [-0.2, -0.15) is 0 Å². The molecule has 1 saturated carbocycles. The number of aromatic nitrogens is 1. The van der Waals surface area contributed by atoms with Crippen LogP contribution in [0.1, 0.15) is 44.9 Å². The number of carbonyl (C=O) groups excluding carboxylic acids is 1. The number of oxazole rings is 1. The predicted octanol–water partition coefficient (Wildman–Crippen LogP) is 2.99. The molecular weight excluding hydrogens is 266 g/mol. The first-order chi connectivity index (χ1) is 10.1. The van der Waals surface area contributed by atoms with Crippen molar-refractivity contribution >= 4 is 22.7 Å². The second kappa shape index (κ2) is 5.48. The second-order valence-corrected chi connectivity index (χ2v) is 5.81. The van der Waals surface area contributed by atoms with Crippen molar-refractivity contribution in [2.24, 2.45) is 5.73 Å². The third-order valence-electron chi connectivity index (χ3n) is 4.19. The summed E-state index contributed by atoms with van der Waals surface area (Å²) >= 11 is 0. The number of benzene rings is 1. The maximum absolute atomic E-state index is 12.4. The Morgan fingerprint density at radius 3 is 2.86 bits per heavy atom. The molecular formula is C16H21N3O2. The first-order valence-corrected chi connectivity index (χ1v) is 7.60. The van der Waals surface area contributed by atoms with E-state index < -0.39 is 5.54 Å². The highest BCUT2D eigenvalue weighted by Gasteiger charge is 2.35.